The first-order valence-corrected chi connectivity index (χ1v) is 9.77. The lowest BCUT2D eigenvalue weighted by Gasteiger charge is -2.14. The molecule has 4 rings (SSSR count). The first-order valence-electron chi connectivity index (χ1n) is 8.55. The Bertz CT molecular complexity index is 1010. The SMILES string of the molecule is CSNc1ncc(OCC2CC2)c(-c2cn(C)c(=O)c3ccccc23)n1. The van der Waals surface area contributed by atoms with E-state index in [-0.39, 0.29) is 5.56 Å². The average molecular weight is 368 g/mol. The summed E-state index contributed by atoms with van der Waals surface area (Å²) in [6.45, 7) is 0.676. The van der Waals surface area contributed by atoms with E-state index >= 15 is 0 Å². The van der Waals surface area contributed by atoms with E-state index in [1.807, 2.05) is 36.7 Å². The zero-order valence-corrected chi connectivity index (χ0v) is 15.5. The maximum atomic E-state index is 12.5. The van der Waals surface area contributed by atoms with Crippen molar-refractivity contribution >= 4 is 28.7 Å². The Morgan fingerprint density at radius 3 is 2.81 bits per heavy atom. The average Bonchev–Trinajstić information content (AvgIpc) is 3.48. The van der Waals surface area contributed by atoms with Crippen LogP contribution < -0.4 is 15.0 Å². The molecule has 26 heavy (non-hydrogen) atoms. The zero-order valence-electron chi connectivity index (χ0n) is 14.7. The second kappa shape index (κ2) is 6.99. The van der Waals surface area contributed by atoms with Crippen molar-refractivity contribution in [2.24, 2.45) is 13.0 Å². The predicted molar refractivity (Wildman–Crippen MR) is 106 cm³/mol. The molecule has 0 spiro atoms. The summed E-state index contributed by atoms with van der Waals surface area (Å²) in [5.74, 6) is 1.79. The van der Waals surface area contributed by atoms with Crippen molar-refractivity contribution in [3.8, 4) is 17.0 Å². The van der Waals surface area contributed by atoms with Gasteiger partial charge in [0.25, 0.3) is 5.56 Å². The molecule has 0 radical (unpaired) electrons. The van der Waals surface area contributed by atoms with Gasteiger partial charge in [0.2, 0.25) is 5.95 Å². The van der Waals surface area contributed by atoms with Crippen molar-refractivity contribution in [1.29, 1.82) is 0 Å². The number of fused-ring (bicyclic) bond motifs is 1. The van der Waals surface area contributed by atoms with Crippen molar-refractivity contribution in [2.75, 3.05) is 17.6 Å². The van der Waals surface area contributed by atoms with Gasteiger partial charge in [-0.15, -0.1) is 0 Å². The molecule has 1 fully saturated rings. The van der Waals surface area contributed by atoms with Crippen LogP contribution in [0.25, 0.3) is 22.0 Å². The lowest BCUT2D eigenvalue weighted by Crippen LogP contribution is -2.17. The summed E-state index contributed by atoms with van der Waals surface area (Å²) in [5.41, 5.74) is 1.53. The van der Waals surface area contributed by atoms with Gasteiger partial charge in [0.1, 0.15) is 5.69 Å². The number of benzene rings is 1. The molecule has 1 saturated carbocycles. The molecule has 0 amide bonds. The van der Waals surface area contributed by atoms with Gasteiger partial charge in [-0.1, -0.05) is 30.1 Å². The van der Waals surface area contributed by atoms with Crippen LogP contribution in [0.1, 0.15) is 12.8 Å². The molecular formula is C19H20N4O2S. The number of pyridine rings is 1. The van der Waals surface area contributed by atoms with Gasteiger partial charge in [-0.3, -0.25) is 9.52 Å². The molecule has 2 aromatic heterocycles. The van der Waals surface area contributed by atoms with Crippen molar-refractivity contribution in [3.05, 3.63) is 47.0 Å². The molecule has 1 aromatic carbocycles. The minimum Gasteiger partial charge on any atom is -0.489 e. The Morgan fingerprint density at radius 2 is 2.08 bits per heavy atom. The van der Waals surface area contributed by atoms with Gasteiger partial charge in [0.05, 0.1) is 12.8 Å². The van der Waals surface area contributed by atoms with Crippen LogP contribution >= 0.6 is 11.9 Å². The van der Waals surface area contributed by atoms with Gasteiger partial charge in [0, 0.05) is 30.4 Å². The highest BCUT2D eigenvalue weighted by molar-refractivity contribution is 7.99. The summed E-state index contributed by atoms with van der Waals surface area (Å²) in [6.07, 6.45) is 7.88. The van der Waals surface area contributed by atoms with Gasteiger partial charge in [0.15, 0.2) is 5.75 Å². The molecule has 2 heterocycles. The fourth-order valence-electron chi connectivity index (χ4n) is 2.91. The minimum absolute atomic E-state index is 0.0266. The molecule has 3 aromatic rings. The number of hydrogen-bond acceptors (Lipinski definition) is 6. The Morgan fingerprint density at radius 1 is 1.31 bits per heavy atom. The highest BCUT2D eigenvalue weighted by Crippen LogP contribution is 2.35. The van der Waals surface area contributed by atoms with Crippen LogP contribution in [0.3, 0.4) is 0 Å². The molecule has 0 unspecified atom stereocenters. The van der Waals surface area contributed by atoms with Gasteiger partial charge in [-0.2, -0.15) is 0 Å². The van der Waals surface area contributed by atoms with E-state index < -0.39 is 0 Å². The van der Waals surface area contributed by atoms with Crippen LogP contribution in [0.5, 0.6) is 5.75 Å². The Kier molecular flexibility index (Phi) is 4.55. The topological polar surface area (TPSA) is 69.0 Å². The Labute approximate surface area is 155 Å². The van der Waals surface area contributed by atoms with Gasteiger partial charge in [-0.25, -0.2) is 9.97 Å². The van der Waals surface area contributed by atoms with Crippen LogP contribution in [-0.2, 0) is 7.05 Å². The normalized spacial score (nSPS) is 13.8. The third kappa shape index (κ3) is 3.26. The van der Waals surface area contributed by atoms with Crippen molar-refractivity contribution < 1.29 is 4.74 Å². The van der Waals surface area contributed by atoms with Crippen LogP contribution in [0, 0.1) is 5.92 Å². The summed E-state index contributed by atoms with van der Waals surface area (Å²) in [4.78, 5) is 21.5. The summed E-state index contributed by atoms with van der Waals surface area (Å²) >= 11 is 1.43. The first kappa shape index (κ1) is 16.9. The summed E-state index contributed by atoms with van der Waals surface area (Å²) in [6, 6.07) is 7.59. The number of aryl methyl sites for hydroxylation is 1. The van der Waals surface area contributed by atoms with E-state index in [4.69, 9.17) is 4.74 Å². The maximum absolute atomic E-state index is 12.5. The van der Waals surface area contributed by atoms with Crippen molar-refractivity contribution in [1.82, 2.24) is 14.5 Å². The van der Waals surface area contributed by atoms with E-state index in [0.717, 1.165) is 10.9 Å². The van der Waals surface area contributed by atoms with Crippen LogP contribution in [0.4, 0.5) is 5.95 Å². The lowest BCUT2D eigenvalue weighted by molar-refractivity contribution is 0.299. The summed E-state index contributed by atoms with van der Waals surface area (Å²) in [5, 5.41) is 1.53. The van der Waals surface area contributed by atoms with E-state index in [1.54, 1.807) is 17.8 Å². The smallest absolute Gasteiger partial charge is 0.258 e. The number of rotatable bonds is 6. The second-order valence-corrected chi connectivity index (χ2v) is 7.08. The molecule has 1 N–H and O–H groups in total. The molecule has 0 saturated heterocycles. The van der Waals surface area contributed by atoms with Gasteiger partial charge >= 0.3 is 0 Å². The number of nitrogens with zero attached hydrogens (tertiary/aromatic N) is 3. The number of ether oxygens (including phenoxy) is 1. The lowest BCUT2D eigenvalue weighted by atomic mass is 10.0. The number of hydrogen-bond donors (Lipinski definition) is 1. The fraction of sp³-hybridized carbons (Fsp3) is 0.316. The molecule has 7 heteroatoms. The monoisotopic (exact) mass is 368 g/mol. The zero-order chi connectivity index (χ0) is 18.1. The molecule has 1 aliphatic carbocycles. The quantitative estimate of drug-likeness (QED) is 0.672. The van der Waals surface area contributed by atoms with E-state index in [9.17, 15) is 4.79 Å². The number of aromatic nitrogens is 3. The standard InChI is InChI=1S/C19H20N4O2S/c1-23-10-15(13-5-3-4-6-14(13)18(23)24)17-16(25-11-12-7-8-12)9-20-19(21-17)22-26-2/h3-6,9-10,12H,7-8,11H2,1-2H3,(H,20,21,22). The number of anilines is 1. The van der Waals surface area contributed by atoms with Gasteiger partial charge in [-0.05, 0) is 30.2 Å². The van der Waals surface area contributed by atoms with Crippen LogP contribution in [0.15, 0.2) is 41.5 Å². The van der Waals surface area contributed by atoms with E-state index in [0.29, 0.717) is 35.3 Å². The highest BCUT2D eigenvalue weighted by atomic mass is 32.2. The maximum Gasteiger partial charge on any atom is 0.258 e. The highest BCUT2D eigenvalue weighted by Gasteiger charge is 2.23. The summed E-state index contributed by atoms with van der Waals surface area (Å²) in [7, 11) is 1.76. The van der Waals surface area contributed by atoms with E-state index in [1.165, 1.54) is 24.8 Å². The molecule has 134 valence electrons. The third-order valence-corrected chi connectivity index (χ3v) is 4.85. The largest absolute Gasteiger partial charge is 0.489 e. The minimum atomic E-state index is -0.0266. The van der Waals surface area contributed by atoms with Crippen molar-refractivity contribution in [2.45, 2.75) is 12.8 Å². The molecular weight excluding hydrogens is 348 g/mol. The molecule has 0 aliphatic heterocycles. The van der Waals surface area contributed by atoms with Crippen molar-refractivity contribution in [3.63, 3.8) is 0 Å². The first-order chi connectivity index (χ1) is 12.7. The molecule has 6 nitrogen and oxygen atoms in total. The Hall–Kier alpha value is -2.54. The Balaban J connectivity index is 1.89. The number of nitrogens with one attached hydrogen (secondary N) is 1. The van der Waals surface area contributed by atoms with Gasteiger partial charge < -0.3 is 9.30 Å². The molecule has 0 bridgehead atoms. The third-order valence-electron chi connectivity index (χ3n) is 4.47. The van der Waals surface area contributed by atoms with Crippen LogP contribution in [0.2, 0.25) is 0 Å². The summed E-state index contributed by atoms with van der Waals surface area (Å²) < 4.78 is 10.7. The second-order valence-electron chi connectivity index (χ2n) is 6.47. The fourth-order valence-corrected chi connectivity index (χ4v) is 3.19. The molecule has 1 aliphatic rings. The predicted octanol–water partition coefficient (Wildman–Crippen LogP) is 3.47. The molecule has 0 atom stereocenters. The van der Waals surface area contributed by atoms with E-state index in [2.05, 4.69) is 14.7 Å². The van der Waals surface area contributed by atoms with Crippen LogP contribution in [-0.4, -0.2) is 27.4 Å².